The van der Waals surface area contributed by atoms with E-state index in [9.17, 15) is 4.79 Å². The van der Waals surface area contributed by atoms with Crippen molar-refractivity contribution in [1.82, 2.24) is 20.1 Å². The standard InChI is InChI=1S/C22H32N4O4/c1-17(2)23-22(27)20-16-30-21(24-20)15-26(9-8-25-10-12-29-13-11-25)14-18-4-6-19(28-3)7-5-18/h4-7,16-17H,8-15H2,1-3H3,(H,23,27). The van der Waals surface area contributed by atoms with E-state index in [1.54, 1.807) is 7.11 Å². The van der Waals surface area contributed by atoms with Crippen LogP contribution in [0, 0.1) is 0 Å². The van der Waals surface area contributed by atoms with Crippen LogP contribution in [0.25, 0.3) is 0 Å². The lowest BCUT2D eigenvalue weighted by molar-refractivity contribution is 0.0320. The predicted molar refractivity (Wildman–Crippen MR) is 113 cm³/mol. The fourth-order valence-electron chi connectivity index (χ4n) is 3.33. The quantitative estimate of drug-likeness (QED) is 0.636. The largest absolute Gasteiger partial charge is 0.497 e. The first-order valence-corrected chi connectivity index (χ1v) is 10.4. The molecule has 1 aromatic heterocycles. The average Bonchev–Trinajstić information content (AvgIpc) is 3.21. The fraction of sp³-hybridized carbons (Fsp3) is 0.545. The highest BCUT2D eigenvalue weighted by Crippen LogP contribution is 2.15. The molecule has 0 radical (unpaired) electrons. The van der Waals surface area contributed by atoms with Gasteiger partial charge in [0.15, 0.2) is 5.69 Å². The molecular formula is C22H32N4O4. The molecule has 30 heavy (non-hydrogen) atoms. The number of amides is 1. The van der Waals surface area contributed by atoms with Gasteiger partial charge in [-0.25, -0.2) is 4.98 Å². The van der Waals surface area contributed by atoms with E-state index in [-0.39, 0.29) is 11.9 Å². The Balaban J connectivity index is 1.64. The first-order valence-electron chi connectivity index (χ1n) is 10.4. The van der Waals surface area contributed by atoms with Gasteiger partial charge in [-0.2, -0.15) is 0 Å². The Kier molecular flexibility index (Phi) is 8.24. The van der Waals surface area contributed by atoms with Crippen molar-refractivity contribution in [2.75, 3.05) is 46.5 Å². The van der Waals surface area contributed by atoms with Crippen LogP contribution in [0.5, 0.6) is 5.75 Å². The Morgan fingerprint density at radius 2 is 1.97 bits per heavy atom. The first-order chi connectivity index (χ1) is 14.5. The maximum absolute atomic E-state index is 12.2. The van der Waals surface area contributed by atoms with E-state index >= 15 is 0 Å². The average molecular weight is 417 g/mol. The molecule has 1 amide bonds. The number of ether oxygens (including phenoxy) is 2. The molecule has 8 heteroatoms. The summed E-state index contributed by atoms with van der Waals surface area (Å²) in [5.41, 5.74) is 1.50. The third-order valence-electron chi connectivity index (χ3n) is 4.96. The number of nitrogens with zero attached hydrogens (tertiary/aromatic N) is 3. The number of morpholine rings is 1. The summed E-state index contributed by atoms with van der Waals surface area (Å²) in [5, 5.41) is 2.84. The molecule has 0 saturated carbocycles. The fourth-order valence-corrected chi connectivity index (χ4v) is 3.33. The number of oxazole rings is 1. The molecule has 8 nitrogen and oxygen atoms in total. The molecule has 1 aliphatic rings. The summed E-state index contributed by atoms with van der Waals surface area (Å²) >= 11 is 0. The normalized spacial score (nSPS) is 15.0. The van der Waals surface area contributed by atoms with Gasteiger partial charge in [-0.05, 0) is 31.5 Å². The van der Waals surface area contributed by atoms with E-state index in [2.05, 4.69) is 32.2 Å². The zero-order valence-electron chi connectivity index (χ0n) is 18.1. The number of aromatic nitrogens is 1. The van der Waals surface area contributed by atoms with Crippen LogP contribution in [0.15, 0.2) is 34.9 Å². The van der Waals surface area contributed by atoms with Crippen LogP contribution in [0.4, 0.5) is 0 Å². The third-order valence-corrected chi connectivity index (χ3v) is 4.96. The van der Waals surface area contributed by atoms with E-state index in [4.69, 9.17) is 13.9 Å². The van der Waals surface area contributed by atoms with Crippen LogP contribution in [-0.2, 0) is 17.8 Å². The minimum absolute atomic E-state index is 0.0535. The Labute approximate surface area is 178 Å². The van der Waals surface area contributed by atoms with Gasteiger partial charge in [0.1, 0.15) is 12.0 Å². The minimum atomic E-state index is -0.213. The number of methoxy groups -OCH3 is 1. The number of nitrogens with one attached hydrogen (secondary N) is 1. The van der Waals surface area contributed by atoms with Crippen LogP contribution < -0.4 is 10.1 Å². The second kappa shape index (κ2) is 11.1. The number of benzene rings is 1. The van der Waals surface area contributed by atoms with E-state index in [1.807, 2.05) is 26.0 Å². The molecule has 164 valence electrons. The number of hydrogen-bond acceptors (Lipinski definition) is 7. The zero-order chi connectivity index (χ0) is 21.3. The van der Waals surface area contributed by atoms with Crippen LogP contribution >= 0.6 is 0 Å². The number of carbonyl (C=O) groups excluding carboxylic acids is 1. The summed E-state index contributed by atoms with van der Waals surface area (Å²) in [6.07, 6.45) is 1.43. The van der Waals surface area contributed by atoms with Gasteiger partial charge < -0.3 is 19.2 Å². The van der Waals surface area contributed by atoms with Gasteiger partial charge in [-0.1, -0.05) is 12.1 Å². The SMILES string of the molecule is COc1ccc(CN(CCN2CCOCC2)Cc2nc(C(=O)NC(C)C)co2)cc1. The summed E-state index contributed by atoms with van der Waals surface area (Å²) in [5.74, 6) is 1.17. The van der Waals surface area contributed by atoms with Crippen molar-refractivity contribution in [3.63, 3.8) is 0 Å². The summed E-state index contributed by atoms with van der Waals surface area (Å²) < 4.78 is 16.3. The van der Waals surface area contributed by atoms with Crippen LogP contribution in [0.3, 0.4) is 0 Å². The van der Waals surface area contributed by atoms with E-state index in [1.165, 1.54) is 11.8 Å². The van der Waals surface area contributed by atoms with Crippen LogP contribution in [0.2, 0.25) is 0 Å². The van der Waals surface area contributed by atoms with Gasteiger partial charge >= 0.3 is 0 Å². The van der Waals surface area contributed by atoms with Gasteiger partial charge in [-0.15, -0.1) is 0 Å². The number of rotatable bonds is 10. The third kappa shape index (κ3) is 6.83. The van der Waals surface area contributed by atoms with Crippen molar-refractivity contribution in [2.24, 2.45) is 0 Å². The lowest BCUT2D eigenvalue weighted by Crippen LogP contribution is -2.41. The van der Waals surface area contributed by atoms with Gasteiger partial charge in [0, 0.05) is 38.8 Å². The molecule has 0 unspecified atom stereocenters. The predicted octanol–water partition coefficient (Wildman–Crippen LogP) is 2.16. The second-order valence-corrected chi connectivity index (χ2v) is 7.77. The van der Waals surface area contributed by atoms with Gasteiger partial charge in [0.2, 0.25) is 5.89 Å². The molecule has 3 rings (SSSR count). The molecule has 0 atom stereocenters. The molecule has 0 aliphatic carbocycles. The molecule has 1 aliphatic heterocycles. The molecule has 0 spiro atoms. The summed E-state index contributed by atoms with van der Waals surface area (Å²) in [4.78, 5) is 21.2. The maximum Gasteiger partial charge on any atom is 0.273 e. The highest BCUT2D eigenvalue weighted by Gasteiger charge is 2.17. The summed E-state index contributed by atoms with van der Waals surface area (Å²) in [6.45, 7) is 10.4. The smallest absolute Gasteiger partial charge is 0.273 e. The van der Waals surface area contributed by atoms with Crippen molar-refractivity contribution in [1.29, 1.82) is 0 Å². The summed E-state index contributed by atoms with van der Waals surface area (Å²) in [7, 11) is 1.67. The zero-order valence-corrected chi connectivity index (χ0v) is 18.1. The molecule has 1 saturated heterocycles. The van der Waals surface area contributed by atoms with Gasteiger partial charge in [-0.3, -0.25) is 14.6 Å². The second-order valence-electron chi connectivity index (χ2n) is 7.77. The Bertz CT molecular complexity index is 785. The Morgan fingerprint density at radius 3 is 2.63 bits per heavy atom. The van der Waals surface area contributed by atoms with Crippen molar-refractivity contribution in [3.05, 3.63) is 47.7 Å². The minimum Gasteiger partial charge on any atom is -0.497 e. The van der Waals surface area contributed by atoms with Crippen LogP contribution in [-0.4, -0.2) is 73.2 Å². The lowest BCUT2D eigenvalue weighted by atomic mass is 10.2. The van der Waals surface area contributed by atoms with E-state index in [0.717, 1.165) is 51.7 Å². The van der Waals surface area contributed by atoms with Crippen molar-refractivity contribution < 1.29 is 18.7 Å². The molecule has 1 aromatic carbocycles. The Hall–Kier alpha value is -2.42. The van der Waals surface area contributed by atoms with Crippen molar-refractivity contribution in [3.8, 4) is 5.75 Å². The molecule has 0 bridgehead atoms. The topological polar surface area (TPSA) is 80.1 Å². The number of carbonyl (C=O) groups is 1. The van der Waals surface area contributed by atoms with E-state index in [0.29, 0.717) is 18.1 Å². The monoisotopic (exact) mass is 416 g/mol. The summed E-state index contributed by atoms with van der Waals surface area (Å²) in [6, 6.07) is 8.12. The molecule has 1 N–H and O–H groups in total. The van der Waals surface area contributed by atoms with Gasteiger partial charge in [0.25, 0.3) is 5.91 Å². The highest BCUT2D eigenvalue weighted by molar-refractivity contribution is 5.92. The van der Waals surface area contributed by atoms with Crippen molar-refractivity contribution >= 4 is 5.91 Å². The van der Waals surface area contributed by atoms with Gasteiger partial charge in [0.05, 0.1) is 26.9 Å². The lowest BCUT2D eigenvalue weighted by Gasteiger charge is -2.29. The van der Waals surface area contributed by atoms with Crippen LogP contribution in [0.1, 0.15) is 35.8 Å². The first kappa shape index (κ1) is 22.3. The van der Waals surface area contributed by atoms with Crippen molar-refractivity contribution in [2.45, 2.75) is 33.0 Å². The molecule has 2 aromatic rings. The molecule has 1 fully saturated rings. The van der Waals surface area contributed by atoms with E-state index < -0.39 is 0 Å². The molecular weight excluding hydrogens is 384 g/mol. The highest BCUT2D eigenvalue weighted by atomic mass is 16.5. The number of hydrogen-bond donors (Lipinski definition) is 1. The molecule has 2 heterocycles. The maximum atomic E-state index is 12.2. The Morgan fingerprint density at radius 1 is 1.23 bits per heavy atom.